The maximum absolute atomic E-state index is 5.93. The highest BCUT2D eigenvalue weighted by Crippen LogP contribution is 2.29. The van der Waals surface area contributed by atoms with Crippen LogP contribution in [0.25, 0.3) is 0 Å². The van der Waals surface area contributed by atoms with Crippen molar-refractivity contribution in [2.75, 3.05) is 11.9 Å². The van der Waals surface area contributed by atoms with Crippen molar-refractivity contribution in [2.24, 2.45) is 0 Å². The highest BCUT2D eigenvalue weighted by atomic mass is 35.5. The quantitative estimate of drug-likeness (QED) is 0.599. The second-order valence-electron chi connectivity index (χ2n) is 5.80. The lowest BCUT2D eigenvalue weighted by atomic mass is 10.2. The molecule has 0 atom stereocenters. The van der Waals surface area contributed by atoms with Crippen LogP contribution in [0.15, 0.2) is 42.5 Å². The summed E-state index contributed by atoms with van der Waals surface area (Å²) < 4.78 is 13.4. The average Bonchev–Trinajstić information content (AvgIpc) is 3.15. The van der Waals surface area contributed by atoms with Gasteiger partial charge in [0.05, 0.1) is 6.61 Å². The maximum Gasteiger partial charge on any atom is 0.243 e. The molecule has 0 bridgehead atoms. The number of rotatable bonds is 9. The molecule has 8 heteroatoms. The average molecular weight is 388 g/mol. The molecule has 1 aromatic heterocycles. The van der Waals surface area contributed by atoms with E-state index >= 15 is 0 Å². The van der Waals surface area contributed by atoms with Gasteiger partial charge in [-0.2, -0.15) is 0 Å². The fourth-order valence-electron chi connectivity index (χ4n) is 2.52. The van der Waals surface area contributed by atoms with Gasteiger partial charge in [0.25, 0.3) is 0 Å². The number of hydrogen-bond donors (Lipinski definition) is 1. The Balaban J connectivity index is 1.67. The molecule has 0 aliphatic rings. The van der Waals surface area contributed by atoms with Crippen LogP contribution >= 0.6 is 11.6 Å². The van der Waals surface area contributed by atoms with Gasteiger partial charge in [-0.25, -0.2) is 4.68 Å². The second kappa shape index (κ2) is 9.23. The van der Waals surface area contributed by atoms with E-state index in [0.717, 1.165) is 11.1 Å². The number of anilines is 1. The molecule has 27 heavy (non-hydrogen) atoms. The van der Waals surface area contributed by atoms with E-state index in [-0.39, 0.29) is 0 Å². The highest BCUT2D eigenvalue weighted by molar-refractivity contribution is 6.30. The van der Waals surface area contributed by atoms with E-state index in [1.165, 1.54) is 0 Å². The van der Waals surface area contributed by atoms with Crippen LogP contribution in [0.4, 0.5) is 5.95 Å². The molecular weight excluding hydrogens is 366 g/mol. The van der Waals surface area contributed by atoms with Gasteiger partial charge in [-0.15, -0.1) is 0 Å². The maximum atomic E-state index is 5.93. The second-order valence-corrected chi connectivity index (χ2v) is 6.24. The first-order valence-electron chi connectivity index (χ1n) is 8.82. The lowest BCUT2D eigenvalue weighted by Gasteiger charge is -2.14. The first kappa shape index (κ1) is 19.0. The van der Waals surface area contributed by atoms with Crippen LogP contribution in [-0.2, 0) is 19.7 Å². The molecule has 1 N–H and O–H groups in total. The minimum absolute atomic E-state index is 0.445. The molecule has 1 heterocycles. The largest absolute Gasteiger partial charge is 0.490 e. The summed E-state index contributed by atoms with van der Waals surface area (Å²) in [5.74, 6) is 2.05. The van der Waals surface area contributed by atoms with E-state index < -0.39 is 0 Å². The zero-order valence-electron chi connectivity index (χ0n) is 15.4. The van der Waals surface area contributed by atoms with Crippen molar-refractivity contribution >= 4 is 17.5 Å². The number of ether oxygens (including phenoxy) is 2. The van der Waals surface area contributed by atoms with Gasteiger partial charge in [0.1, 0.15) is 6.61 Å². The van der Waals surface area contributed by atoms with E-state index in [4.69, 9.17) is 21.1 Å². The van der Waals surface area contributed by atoms with Crippen molar-refractivity contribution in [2.45, 2.75) is 33.5 Å². The van der Waals surface area contributed by atoms with Crippen molar-refractivity contribution in [3.8, 4) is 11.5 Å². The van der Waals surface area contributed by atoms with E-state index in [9.17, 15) is 0 Å². The minimum Gasteiger partial charge on any atom is -0.490 e. The molecule has 0 spiro atoms. The van der Waals surface area contributed by atoms with E-state index in [2.05, 4.69) is 20.8 Å². The molecule has 0 unspecified atom stereocenters. The van der Waals surface area contributed by atoms with Crippen LogP contribution in [0.1, 0.15) is 25.0 Å². The molecule has 0 aliphatic heterocycles. The number of nitrogens with zero attached hydrogens (tertiary/aromatic N) is 4. The summed E-state index contributed by atoms with van der Waals surface area (Å²) in [6.07, 6.45) is 0. The molecule has 3 rings (SSSR count). The van der Waals surface area contributed by atoms with Crippen molar-refractivity contribution < 1.29 is 9.47 Å². The molecule has 0 radical (unpaired) electrons. The summed E-state index contributed by atoms with van der Waals surface area (Å²) in [5.41, 5.74) is 2.09. The van der Waals surface area contributed by atoms with Gasteiger partial charge in [-0.3, -0.25) is 0 Å². The molecule has 2 aromatic carbocycles. The molecule has 0 aliphatic carbocycles. The Hall–Kier alpha value is -2.80. The first-order valence-corrected chi connectivity index (χ1v) is 9.20. The van der Waals surface area contributed by atoms with Gasteiger partial charge >= 0.3 is 0 Å². The Bertz CT molecular complexity index is 867. The first-order chi connectivity index (χ1) is 13.2. The lowest BCUT2D eigenvalue weighted by Crippen LogP contribution is -2.08. The Morgan fingerprint density at radius 1 is 1.00 bits per heavy atom. The molecule has 0 amide bonds. The predicted molar refractivity (Wildman–Crippen MR) is 104 cm³/mol. The number of aryl methyl sites for hydroxylation is 1. The molecule has 3 aromatic rings. The topological polar surface area (TPSA) is 74.1 Å². The van der Waals surface area contributed by atoms with Crippen LogP contribution in [0.5, 0.6) is 11.5 Å². The predicted octanol–water partition coefficient (Wildman–Crippen LogP) is 3.94. The molecular formula is C19H22ClN5O2. The third-order valence-corrected chi connectivity index (χ3v) is 4.15. The number of aromatic nitrogens is 4. The SMILES string of the molecule is CCOc1cc(CNc2nnnn2CC)ccc1OCc1ccc(Cl)cc1. The summed E-state index contributed by atoms with van der Waals surface area (Å²) in [6.45, 7) is 6.22. The van der Waals surface area contributed by atoms with Gasteiger partial charge < -0.3 is 14.8 Å². The number of tetrazole rings is 1. The highest BCUT2D eigenvalue weighted by Gasteiger charge is 2.09. The van der Waals surface area contributed by atoms with Gasteiger partial charge in [-0.1, -0.05) is 34.9 Å². The number of halogens is 1. The smallest absolute Gasteiger partial charge is 0.243 e. The lowest BCUT2D eigenvalue weighted by molar-refractivity contribution is 0.269. The Morgan fingerprint density at radius 3 is 2.52 bits per heavy atom. The molecule has 142 valence electrons. The number of benzene rings is 2. The van der Waals surface area contributed by atoms with Gasteiger partial charge in [0.2, 0.25) is 5.95 Å². The van der Waals surface area contributed by atoms with Crippen LogP contribution in [0.3, 0.4) is 0 Å². The fourth-order valence-corrected chi connectivity index (χ4v) is 2.64. The number of nitrogens with one attached hydrogen (secondary N) is 1. The fraction of sp³-hybridized carbons (Fsp3) is 0.316. The van der Waals surface area contributed by atoms with E-state index in [1.54, 1.807) is 4.68 Å². The van der Waals surface area contributed by atoms with Crippen molar-refractivity contribution in [1.82, 2.24) is 20.2 Å². The summed E-state index contributed by atoms with van der Waals surface area (Å²) in [4.78, 5) is 0. The van der Waals surface area contributed by atoms with Gasteiger partial charge in [-0.05, 0) is 59.7 Å². The normalized spacial score (nSPS) is 10.6. The van der Waals surface area contributed by atoms with Crippen LogP contribution in [0, 0.1) is 0 Å². The summed E-state index contributed by atoms with van der Waals surface area (Å²) in [5, 5.41) is 15.5. The Morgan fingerprint density at radius 2 is 1.78 bits per heavy atom. The van der Waals surface area contributed by atoms with Crippen LogP contribution < -0.4 is 14.8 Å². The van der Waals surface area contributed by atoms with Crippen molar-refractivity contribution in [1.29, 1.82) is 0 Å². The Kier molecular flexibility index (Phi) is 6.49. The van der Waals surface area contributed by atoms with Crippen molar-refractivity contribution in [3.05, 3.63) is 58.6 Å². The standard InChI is InChI=1S/C19H22ClN5O2/c1-3-25-19(22-23-24-25)21-12-15-7-10-17(18(11-15)26-4-2)27-13-14-5-8-16(20)9-6-14/h5-11H,3-4,12-13H2,1-2H3,(H,21,22,24). The molecule has 7 nitrogen and oxygen atoms in total. The summed E-state index contributed by atoms with van der Waals surface area (Å²) >= 11 is 5.92. The summed E-state index contributed by atoms with van der Waals surface area (Å²) in [7, 11) is 0. The number of hydrogen-bond acceptors (Lipinski definition) is 6. The zero-order chi connectivity index (χ0) is 19.1. The van der Waals surface area contributed by atoms with Gasteiger partial charge in [0, 0.05) is 18.1 Å². The Labute approximate surface area is 163 Å². The zero-order valence-corrected chi connectivity index (χ0v) is 16.1. The minimum atomic E-state index is 0.445. The van der Waals surface area contributed by atoms with Crippen molar-refractivity contribution in [3.63, 3.8) is 0 Å². The van der Waals surface area contributed by atoms with E-state index in [1.807, 2.05) is 56.3 Å². The molecule has 0 saturated carbocycles. The van der Waals surface area contributed by atoms with Crippen LogP contribution in [0.2, 0.25) is 5.02 Å². The third-order valence-electron chi connectivity index (χ3n) is 3.90. The third kappa shape index (κ3) is 5.10. The molecule has 0 fully saturated rings. The van der Waals surface area contributed by atoms with Crippen LogP contribution in [-0.4, -0.2) is 26.8 Å². The molecule has 0 saturated heterocycles. The van der Waals surface area contributed by atoms with Gasteiger partial charge in [0.15, 0.2) is 11.5 Å². The van der Waals surface area contributed by atoms with E-state index in [0.29, 0.717) is 48.8 Å². The summed E-state index contributed by atoms with van der Waals surface area (Å²) in [6, 6.07) is 13.5. The monoisotopic (exact) mass is 387 g/mol.